The van der Waals surface area contributed by atoms with Gasteiger partial charge in [-0.05, 0) is 92.2 Å². The van der Waals surface area contributed by atoms with E-state index in [-0.39, 0.29) is 23.1 Å². The summed E-state index contributed by atoms with van der Waals surface area (Å²) in [4.78, 5) is 38.4. The number of carboxylic acid groups (broad SMARTS) is 1. The molecule has 0 spiro atoms. The molecule has 1 aliphatic rings. The number of nitrogens with one attached hydrogen (secondary N) is 1. The third kappa shape index (κ3) is 5.70. The molecule has 190 valence electrons. The van der Waals surface area contributed by atoms with Crippen molar-refractivity contribution >= 4 is 46.9 Å². The lowest BCUT2D eigenvalue weighted by atomic mass is 10.1. The first-order valence-electron chi connectivity index (χ1n) is 11.4. The molecule has 2 amide bonds. The van der Waals surface area contributed by atoms with E-state index in [9.17, 15) is 14.4 Å². The minimum atomic E-state index is -1.17. The Morgan fingerprint density at radius 2 is 1.78 bits per heavy atom. The van der Waals surface area contributed by atoms with Gasteiger partial charge in [0, 0.05) is 0 Å². The number of thiocarbonyl (C=S) groups is 1. The molecule has 2 aromatic carbocycles. The molecule has 0 unspecified atom stereocenters. The van der Waals surface area contributed by atoms with Crippen LogP contribution in [0.25, 0.3) is 6.08 Å². The lowest BCUT2D eigenvalue weighted by Gasteiger charge is -2.29. The molecule has 37 heavy (non-hydrogen) atoms. The Balaban J connectivity index is 1.61. The van der Waals surface area contributed by atoms with Gasteiger partial charge >= 0.3 is 5.97 Å². The van der Waals surface area contributed by atoms with Crippen molar-refractivity contribution in [2.45, 2.75) is 27.4 Å². The Bertz CT molecular complexity index is 1420. The number of rotatable bonds is 8. The largest absolute Gasteiger partial charge is 0.490 e. The smallest absolute Gasteiger partial charge is 0.371 e. The van der Waals surface area contributed by atoms with Gasteiger partial charge in [0.15, 0.2) is 16.6 Å². The summed E-state index contributed by atoms with van der Waals surface area (Å²) in [7, 11) is 0. The number of ether oxygens (including phenoxy) is 2. The van der Waals surface area contributed by atoms with Crippen LogP contribution in [0.15, 0.2) is 58.5 Å². The minimum Gasteiger partial charge on any atom is -0.490 e. The summed E-state index contributed by atoms with van der Waals surface area (Å²) in [6.45, 7) is 5.96. The predicted octanol–water partition coefficient (Wildman–Crippen LogP) is 4.40. The fourth-order valence-electron chi connectivity index (χ4n) is 3.86. The van der Waals surface area contributed by atoms with Gasteiger partial charge in [-0.15, -0.1) is 0 Å². The highest BCUT2D eigenvalue weighted by atomic mass is 32.1. The van der Waals surface area contributed by atoms with Gasteiger partial charge in [0.05, 0.1) is 12.3 Å². The van der Waals surface area contributed by atoms with Crippen LogP contribution in [0.1, 0.15) is 39.9 Å². The molecule has 4 rings (SSSR count). The van der Waals surface area contributed by atoms with E-state index < -0.39 is 17.8 Å². The number of nitrogens with zero attached hydrogens (tertiary/aromatic N) is 1. The van der Waals surface area contributed by atoms with Crippen LogP contribution in [0.3, 0.4) is 0 Å². The first-order chi connectivity index (χ1) is 17.7. The van der Waals surface area contributed by atoms with E-state index in [4.69, 9.17) is 31.2 Å². The van der Waals surface area contributed by atoms with Crippen LogP contribution >= 0.6 is 12.2 Å². The Kier molecular flexibility index (Phi) is 7.40. The Hall–Kier alpha value is -4.44. The Morgan fingerprint density at radius 1 is 1.05 bits per heavy atom. The number of hydrogen-bond donors (Lipinski definition) is 2. The Morgan fingerprint density at radius 3 is 2.43 bits per heavy atom. The average molecular weight is 521 g/mol. The molecule has 2 heterocycles. The standard InChI is InChI=1S/C27H24N2O7S/c1-4-34-23-13-17(5-7-21(23)35-14-19-6-8-22(36-19)26(32)33)12-20-24(30)28-27(37)29(25(20)31)18-10-15(2)9-16(3)11-18/h5-13H,4,14H2,1-3H3,(H,32,33)(H,28,30,37). The van der Waals surface area contributed by atoms with Crippen LogP contribution in [0.4, 0.5) is 5.69 Å². The zero-order chi connectivity index (χ0) is 26.7. The summed E-state index contributed by atoms with van der Waals surface area (Å²) in [6, 6.07) is 13.4. The molecule has 1 aromatic heterocycles. The molecule has 1 aliphatic heterocycles. The third-order valence-electron chi connectivity index (χ3n) is 5.39. The summed E-state index contributed by atoms with van der Waals surface area (Å²) in [5.41, 5.74) is 2.94. The van der Waals surface area contributed by atoms with Gasteiger partial charge in [-0.2, -0.15) is 0 Å². The zero-order valence-electron chi connectivity index (χ0n) is 20.4. The summed E-state index contributed by atoms with van der Waals surface area (Å²) in [6.07, 6.45) is 1.47. The zero-order valence-corrected chi connectivity index (χ0v) is 21.2. The van der Waals surface area contributed by atoms with Gasteiger partial charge in [-0.3, -0.25) is 19.8 Å². The summed E-state index contributed by atoms with van der Waals surface area (Å²) >= 11 is 5.29. The average Bonchev–Trinajstić information content (AvgIpc) is 3.30. The van der Waals surface area contributed by atoms with Crippen molar-refractivity contribution in [2.24, 2.45) is 0 Å². The van der Waals surface area contributed by atoms with Crippen LogP contribution in [0.5, 0.6) is 11.5 Å². The normalized spacial score (nSPS) is 14.6. The van der Waals surface area contributed by atoms with Gasteiger partial charge in [0.25, 0.3) is 11.8 Å². The second-order valence-corrected chi connectivity index (χ2v) is 8.69. The molecule has 0 aliphatic carbocycles. The fourth-order valence-corrected chi connectivity index (χ4v) is 4.14. The Labute approximate surface area is 218 Å². The topological polar surface area (TPSA) is 118 Å². The molecule has 1 saturated heterocycles. The quantitative estimate of drug-likeness (QED) is 0.255. The van der Waals surface area contributed by atoms with Gasteiger partial charge in [-0.25, -0.2) is 4.79 Å². The van der Waals surface area contributed by atoms with Crippen molar-refractivity contribution in [3.63, 3.8) is 0 Å². The van der Waals surface area contributed by atoms with Gasteiger partial charge in [0.1, 0.15) is 17.9 Å². The van der Waals surface area contributed by atoms with Crippen LogP contribution in [-0.4, -0.2) is 34.6 Å². The van der Waals surface area contributed by atoms with E-state index in [2.05, 4.69) is 5.32 Å². The number of carbonyl (C=O) groups excluding carboxylic acids is 2. The molecule has 1 fully saturated rings. The first kappa shape index (κ1) is 25.6. The van der Waals surface area contributed by atoms with E-state index in [0.29, 0.717) is 35.1 Å². The molecule has 2 N–H and O–H groups in total. The van der Waals surface area contributed by atoms with Crippen LogP contribution < -0.4 is 19.7 Å². The second-order valence-electron chi connectivity index (χ2n) is 8.30. The van der Waals surface area contributed by atoms with E-state index in [1.807, 2.05) is 32.0 Å². The number of anilines is 1. The SMILES string of the molecule is CCOc1cc(C=C2C(=O)NC(=S)N(c3cc(C)cc(C)c3)C2=O)ccc1OCc1ccc(C(=O)O)o1. The predicted molar refractivity (Wildman–Crippen MR) is 140 cm³/mol. The van der Waals surface area contributed by atoms with Crippen molar-refractivity contribution in [2.75, 3.05) is 11.5 Å². The molecule has 10 heteroatoms. The molecule has 0 bridgehead atoms. The monoisotopic (exact) mass is 520 g/mol. The van der Waals surface area contributed by atoms with Crippen LogP contribution in [0, 0.1) is 13.8 Å². The van der Waals surface area contributed by atoms with Gasteiger partial charge in [0.2, 0.25) is 5.76 Å². The summed E-state index contributed by atoms with van der Waals surface area (Å²) in [5.74, 6) is -1.39. The molecule has 0 radical (unpaired) electrons. The maximum Gasteiger partial charge on any atom is 0.371 e. The number of aromatic carboxylic acids is 1. The fraction of sp³-hybridized carbons (Fsp3) is 0.185. The second kappa shape index (κ2) is 10.7. The van der Waals surface area contributed by atoms with Gasteiger partial charge in [-0.1, -0.05) is 12.1 Å². The number of carbonyl (C=O) groups is 3. The number of amides is 2. The number of furan rings is 1. The number of carboxylic acids is 1. The first-order valence-corrected chi connectivity index (χ1v) is 11.8. The highest BCUT2D eigenvalue weighted by molar-refractivity contribution is 7.80. The van der Waals surface area contributed by atoms with Gasteiger partial charge < -0.3 is 19.0 Å². The van der Waals surface area contributed by atoms with Crippen LogP contribution in [0.2, 0.25) is 0 Å². The number of hydrogen-bond acceptors (Lipinski definition) is 7. The summed E-state index contributed by atoms with van der Waals surface area (Å²) < 4.78 is 16.7. The number of benzene rings is 2. The summed E-state index contributed by atoms with van der Waals surface area (Å²) in [5, 5.41) is 11.6. The van der Waals surface area contributed by atoms with Crippen molar-refractivity contribution in [1.82, 2.24) is 5.32 Å². The third-order valence-corrected chi connectivity index (χ3v) is 5.67. The molecule has 0 atom stereocenters. The highest BCUT2D eigenvalue weighted by Gasteiger charge is 2.34. The van der Waals surface area contributed by atoms with Crippen molar-refractivity contribution in [1.29, 1.82) is 0 Å². The van der Waals surface area contributed by atoms with E-state index in [1.165, 1.54) is 23.1 Å². The van der Waals surface area contributed by atoms with Crippen molar-refractivity contribution in [3.05, 3.63) is 82.3 Å². The lowest BCUT2D eigenvalue weighted by molar-refractivity contribution is -0.122. The molecular formula is C27H24N2O7S. The molecule has 3 aromatic rings. The molecular weight excluding hydrogens is 496 g/mol. The van der Waals surface area contributed by atoms with E-state index in [1.54, 1.807) is 25.1 Å². The lowest BCUT2D eigenvalue weighted by Crippen LogP contribution is -2.54. The number of aryl methyl sites for hydroxylation is 2. The van der Waals surface area contributed by atoms with E-state index in [0.717, 1.165) is 11.1 Å². The van der Waals surface area contributed by atoms with E-state index >= 15 is 0 Å². The maximum absolute atomic E-state index is 13.4. The highest BCUT2D eigenvalue weighted by Crippen LogP contribution is 2.31. The molecule has 0 saturated carbocycles. The minimum absolute atomic E-state index is 0.0138. The molecule has 9 nitrogen and oxygen atoms in total. The van der Waals surface area contributed by atoms with Crippen molar-refractivity contribution in [3.8, 4) is 11.5 Å². The van der Waals surface area contributed by atoms with Crippen molar-refractivity contribution < 1.29 is 33.4 Å². The van der Waals surface area contributed by atoms with Crippen LogP contribution in [-0.2, 0) is 16.2 Å². The maximum atomic E-state index is 13.4.